The molecule has 21 heavy (non-hydrogen) atoms. The first-order valence-electron chi connectivity index (χ1n) is 6.53. The van der Waals surface area contributed by atoms with Crippen LogP contribution in [0.15, 0.2) is 42.5 Å². The maximum atomic E-state index is 12.2. The molecule has 3 N–H and O–H groups in total. The molecule has 2 aromatic rings. The first kappa shape index (κ1) is 14.7. The molecule has 0 aliphatic heterocycles. The quantitative estimate of drug-likeness (QED) is 0.847. The fourth-order valence-electron chi connectivity index (χ4n) is 2.01. The van der Waals surface area contributed by atoms with Crippen LogP contribution in [-0.2, 0) is 0 Å². The number of ether oxygens (including phenoxy) is 1. The van der Waals surface area contributed by atoms with Gasteiger partial charge in [0.15, 0.2) is 0 Å². The summed E-state index contributed by atoms with van der Waals surface area (Å²) in [6, 6.07) is 12.4. The molecule has 0 fully saturated rings. The van der Waals surface area contributed by atoms with Crippen LogP contribution in [0.2, 0.25) is 0 Å². The second kappa shape index (κ2) is 6.17. The highest BCUT2D eigenvalue weighted by Crippen LogP contribution is 2.25. The van der Waals surface area contributed by atoms with Crippen molar-refractivity contribution in [3.63, 3.8) is 0 Å². The first-order chi connectivity index (χ1) is 10.0. The van der Waals surface area contributed by atoms with Gasteiger partial charge in [0.25, 0.3) is 5.91 Å². The normalized spacial score (nSPS) is 10.0. The minimum Gasteiger partial charge on any atom is -0.497 e. The van der Waals surface area contributed by atoms with E-state index in [0.717, 1.165) is 5.69 Å². The predicted molar refractivity (Wildman–Crippen MR) is 86.1 cm³/mol. The largest absolute Gasteiger partial charge is 0.497 e. The number of anilines is 3. The van der Waals surface area contributed by atoms with E-state index in [1.54, 1.807) is 37.4 Å². The fourth-order valence-corrected chi connectivity index (χ4v) is 2.01. The van der Waals surface area contributed by atoms with Crippen LogP contribution >= 0.6 is 0 Å². The molecule has 0 saturated heterocycles. The Hall–Kier alpha value is -2.69. The summed E-state index contributed by atoms with van der Waals surface area (Å²) in [5.74, 6) is 0.441. The summed E-state index contributed by atoms with van der Waals surface area (Å²) in [5, 5.41) is 2.82. The summed E-state index contributed by atoms with van der Waals surface area (Å²) in [6.45, 7) is 0. The van der Waals surface area contributed by atoms with Crippen molar-refractivity contribution in [2.45, 2.75) is 0 Å². The van der Waals surface area contributed by atoms with Gasteiger partial charge in [-0.1, -0.05) is 6.07 Å². The number of hydrogen-bond acceptors (Lipinski definition) is 4. The Morgan fingerprint density at radius 3 is 2.57 bits per heavy atom. The molecule has 5 nitrogen and oxygen atoms in total. The van der Waals surface area contributed by atoms with Crippen molar-refractivity contribution in [3.05, 3.63) is 48.0 Å². The van der Waals surface area contributed by atoms with Crippen molar-refractivity contribution in [1.29, 1.82) is 0 Å². The molecule has 2 aromatic carbocycles. The highest BCUT2D eigenvalue weighted by Gasteiger charge is 2.09. The number of hydrogen-bond donors (Lipinski definition) is 2. The lowest BCUT2D eigenvalue weighted by Gasteiger charge is -2.16. The first-order valence-corrected chi connectivity index (χ1v) is 6.53. The molecule has 0 aromatic heterocycles. The van der Waals surface area contributed by atoms with Crippen LogP contribution < -0.4 is 20.7 Å². The average molecular weight is 285 g/mol. The van der Waals surface area contributed by atoms with Gasteiger partial charge in [-0.2, -0.15) is 0 Å². The van der Waals surface area contributed by atoms with Gasteiger partial charge in [0.2, 0.25) is 0 Å². The van der Waals surface area contributed by atoms with Crippen LogP contribution in [0.4, 0.5) is 17.1 Å². The number of nitrogens with one attached hydrogen (secondary N) is 1. The number of nitrogens with zero attached hydrogens (tertiary/aromatic N) is 1. The lowest BCUT2D eigenvalue weighted by atomic mass is 10.2. The Kier molecular flexibility index (Phi) is 4.33. The second-order valence-corrected chi connectivity index (χ2v) is 4.85. The van der Waals surface area contributed by atoms with Crippen LogP contribution in [0.5, 0.6) is 5.75 Å². The number of benzene rings is 2. The topological polar surface area (TPSA) is 67.6 Å². The van der Waals surface area contributed by atoms with Crippen molar-refractivity contribution in [3.8, 4) is 5.75 Å². The van der Waals surface area contributed by atoms with Crippen molar-refractivity contribution < 1.29 is 9.53 Å². The Balaban J connectivity index is 2.17. The number of nitrogen functional groups attached to an aromatic ring is 1. The molecular formula is C16H19N3O2. The molecule has 0 heterocycles. The summed E-state index contributed by atoms with van der Waals surface area (Å²) < 4.78 is 5.11. The van der Waals surface area contributed by atoms with Crippen LogP contribution in [-0.4, -0.2) is 27.1 Å². The van der Waals surface area contributed by atoms with E-state index < -0.39 is 0 Å². The number of methoxy groups -OCH3 is 1. The highest BCUT2D eigenvalue weighted by molar-refractivity contribution is 6.04. The van der Waals surface area contributed by atoms with Gasteiger partial charge in [0, 0.05) is 25.3 Å². The summed E-state index contributed by atoms with van der Waals surface area (Å²) in [5.41, 5.74) is 8.69. The minimum absolute atomic E-state index is 0.203. The Morgan fingerprint density at radius 1 is 1.19 bits per heavy atom. The molecular weight excluding hydrogens is 266 g/mol. The van der Waals surface area contributed by atoms with Gasteiger partial charge >= 0.3 is 0 Å². The van der Waals surface area contributed by atoms with Crippen LogP contribution in [0, 0.1) is 0 Å². The summed E-state index contributed by atoms with van der Waals surface area (Å²) in [6.07, 6.45) is 0. The Labute approximate surface area is 124 Å². The van der Waals surface area contributed by atoms with Gasteiger partial charge in [-0.15, -0.1) is 0 Å². The van der Waals surface area contributed by atoms with E-state index >= 15 is 0 Å². The van der Waals surface area contributed by atoms with Gasteiger partial charge in [0.05, 0.1) is 18.5 Å². The molecule has 2 rings (SSSR count). The number of rotatable bonds is 4. The van der Waals surface area contributed by atoms with E-state index in [2.05, 4.69) is 5.32 Å². The molecule has 0 radical (unpaired) electrons. The highest BCUT2D eigenvalue weighted by atomic mass is 16.5. The molecule has 0 spiro atoms. The zero-order valence-corrected chi connectivity index (χ0v) is 12.4. The molecule has 0 unspecified atom stereocenters. The zero-order chi connectivity index (χ0) is 15.4. The molecule has 0 bridgehead atoms. The van der Waals surface area contributed by atoms with Gasteiger partial charge < -0.3 is 20.7 Å². The zero-order valence-electron chi connectivity index (χ0n) is 12.4. The lowest BCUT2D eigenvalue weighted by molar-refractivity contribution is 0.102. The lowest BCUT2D eigenvalue weighted by Crippen LogP contribution is -2.14. The van der Waals surface area contributed by atoms with E-state index in [1.165, 1.54) is 0 Å². The van der Waals surface area contributed by atoms with Crippen LogP contribution in [0.25, 0.3) is 0 Å². The molecule has 0 aliphatic rings. The van der Waals surface area contributed by atoms with Gasteiger partial charge in [-0.05, 0) is 36.4 Å². The third-order valence-corrected chi connectivity index (χ3v) is 3.10. The molecule has 0 saturated carbocycles. The van der Waals surface area contributed by atoms with Gasteiger partial charge in [-0.3, -0.25) is 4.79 Å². The summed E-state index contributed by atoms with van der Waals surface area (Å²) in [7, 11) is 5.40. The molecule has 5 heteroatoms. The molecule has 0 aliphatic carbocycles. The van der Waals surface area contributed by atoms with Crippen molar-refractivity contribution in [1.82, 2.24) is 0 Å². The van der Waals surface area contributed by atoms with Crippen molar-refractivity contribution >= 4 is 23.0 Å². The van der Waals surface area contributed by atoms with Gasteiger partial charge in [0.1, 0.15) is 5.75 Å². The predicted octanol–water partition coefficient (Wildman–Crippen LogP) is 2.60. The molecule has 110 valence electrons. The van der Waals surface area contributed by atoms with Crippen molar-refractivity contribution in [2.24, 2.45) is 0 Å². The van der Waals surface area contributed by atoms with E-state index in [1.807, 2.05) is 31.1 Å². The van der Waals surface area contributed by atoms with Gasteiger partial charge in [-0.25, -0.2) is 0 Å². The van der Waals surface area contributed by atoms with E-state index in [4.69, 9.17) is 10.5 Å². The number of carbonyl (C=O) groups excluding carboxylic acids is 1. The second-order valence-electron chi connectivity index (χ2n) is 4.85. The summed E-state index contributed by atoms with van der Waals surface area (Å²) in [4.78, 5) is 14.1. The van der Waals surface area contributed by atoms with E-state index in [0.29, 0.717) is 22.7 Å². The van der Waals surface area contributed by atoms with E-state index in [-0.39, 0.29) is 5.91 Å². The van der Waals surface area contributed by atoms with Crippen molar-refractivity contribution in [2.75, 3.05) is 37.2 Å². The van der Waals surface area contributed by atoms with E-state index in [9.17, 15) is 4.79 Å². The van der Waals surface area contributed by atoms with Crippen LogP contribution in [0.3, 0.4) is 0 Å². The standard InChI is InChI=1S/C16H19N3O2/c1-19(2)15-8-7-12(10-14(15)17)18-16(20)11-5-4-6-13(9-11)21-3/h4-10H,17H2,1-3H3,(H,18,20). The fraction of sp³-hybridized carbons (Fsp3) is 0.188. The third kappa shape index (κ3) is 3.45. The number of nitrogens with two attached hydrogens (primary N) is 1. The smallest absolute Gasteiger partial charge is 0.255 e. The maximum absolute atomic E-state index is 12.2. The maximum Gasteiger partial charge on any atom is 0.255 e. The monoisotopic (exact) mass is 285 g/mol. The SMILES string of the molecule is COc1cccc(C(=O)Nc2ccc(N(C)C)c(N)c2)c1. The number of amides is 1. The summed E-state index contributed by atoms with van der Waals surface area (Å²) >= 11 is 0. The number of carbonyl (C=O) groups is 1. The third-order valence-electron chi connectivity index (χ3n) is 3.10. The minimum atomic E-state index is -0.203. The average Bonchev–Trinajstić information content (AvgIpc) is 2.47. The van der Waals surface area contributed by atoms with Crippen LogP contribution in [0.1, 0.15) is 10.4 Å². The Bertz CT molecular complexity index is 654. The molecule has 1 amide bonds. The Morgan fingerprint density at radius 2 is 1.95 bits per heavy atom. The molecule has 0 atom stereocenters.